The van der Waals surface area contributed by atoms with Crippen LogP contribution in [0.4, 0.5) is 0 Å². The number of nitrogens with one attached hydrogen (secondary N) is 1. The number of benzene rings is 1. The normalized spacial score (nSPS) is 27.5. The summed E-state index contributed by atoms with van der Waals surface area (Å²) < 4.78 is 12.0. The van der Waals surface area contributed by atoms with Crippen molar-refractivity contribution in [3.05, 3.63) is 21.7 Å². The molecule has 0 bridgehead atoms. The Balaban J connectivity index is 1.98. The Morgan fingerprint density at radius 1 is 1.00 bits per heavy atom. The molecule has 1 atom stereocenters. The Labute approximate surface area is 131 Å². The van der Waals surface area contributed by atoms with Crippen LogP contribution >= 0.6 is 11.6 Å². The van der Waals surface area contributed by atoms with Gasteiger partial charge in [0.05, 0.1) is 18.2 Å². The van der Waals surface area contributed by atoms with Crippen LogP contribution in [0.2, 0.25) is 5.02 Å². The van der Waals surface area contributed by atoms with Crippen molar-refractivity contribution in [3.8, 4) is 11.5 Å². The topological polar surface area (TPSA) is 30.5 Å². The SMILES string of the molecule is CC1(c2c3c(c(Cl)c4c2OCCC4)OCCC3)CCCN1. The number of rotatable bonds is 1. The fourth-order valence-electron chi connectivity index (χ4n) is 4.08. The summed E-state index contributed by atoms with van der Waals surface area (Å²) in [5.41, 5.74) is 3.77. The van der Waals surface area contributed by atoms with E-state index in [4.69, 9.17) is 21.1 Å². The van der Waals surface area contributed by atoms with Gasteiger partial charge in [-0.1, -0.05) is 11.6 Å². The van der Waals surface area contributed by atoms with Crippen LogP contribution in [0, 0.1) is 0 Å². The average Bonchev–Trinajstić information content (AvgIpc) is 2.95. The van der Waals surface area contributed by atoms with E-state index in [1.807, 2.05) is 0 Å². The monoisotopic (exact) mass is 307 g/mol. The standard InChI is InChI=1S/C17H22ClNO2/c1-17(7-4-8-19-17)13-11-5-2-10-21-16(11)14(18)12-6-3-9-20-15(12)13/h19H,2-10H2,1H3. The molecule has 4 heteroatoms. The fraction of sp³-hybridized carbons (Fsp3) is 0.647. The van der Waals surface area contributed by atoms with Crippen LogP contribution in [-0.2, 0) is 18.4 Å². The molecule has 0 amide bonds. The Bertz CT molecular complexity index is 542. The first-order valence-electron chi connectivity index (χ1n) is 8.09. The van der Waals surface area contributed by atoms with Gasteiger partial charge >= 0.3 is 0 Å². The van der Waals surface area contributed by atoms with Crippen molar-refractivity contribution in [1.29, 1.82) is 0 Å². The molecule has 1 saturated heterocycles. The van der Waals surface area contributed by atoms with Gasteiger partial charge in [-0.05, 0) is 52.0 Å². The van der Waals surface area contributed by atoms with Gasteiger partial charge in [0, 0.05) is 22.2 Å². The molecule has 114 valence electrons. The first kappa shape index (κ1) is 13.7. The van der Waals surface area contributed by atoms with Gasteiger partial charge in [-0.25, -0.2) is 0 Å². The summed E-state index contributed by atoms with van der Waals surface area (Å²) in [5.74, 6) is 1.98. The number of ether oxygens (including phenoxy) is 2. The molecule has 3 heterocycles. The maximum absolute atomic E-state index is 6.64. The maximum atomic E-state index is 6.64. The van der Waals surface area contributed by atoms with E-state index in [0.717, 1.165) is 73.9 Å². The van der Waals surface area contributed by atoms with Gasteiger partial charge < -0.3 is 14.8 Å². The highest BCUT2D eigenvalue weighted by atomic mass is 35.5. The highest BCUT2D eigenvalue weighted by Gasteiger charge is 2.39. The van der Waals surface area contributed by atoms with E-state index in [-0.39, 0.29) is 5.54 Å². The Kier molecular flexibility index (Phi) is 3.31. The summed E-state index contributed by atoms with van der Waals surface area (Å²) >= 11 is 6.64. The van der Waals surface area contributed by atoms with E-state index in [2.05, 4.69) is 12.2 Å². The number of halogens is 1. The second kappa shape index (κ2) is 5.06. The molecular weight excluding hydrogens is 286 g/mol. The lowest BCUT2D eigenvalue weighted by Crippen LogP contribution is -2.36. The van der Waals surface area contributed by atoms with Crippen LogP contribution < -0.4 is 14.8 Å². The van der Waals surface area contributed by atoms with E-state index in [1.165, 1.54) is 17.5 Å². The van der Waals surface area contributed by atoms with Gasteiger partial charge in [-0.3, -0.25) is 0 Å². The highest BCUT2D eigenvalue weighted by Crippen LogP contribution is 2.51. The van der Waals surface area contributed by atoms with E-state index in [1.54, 1.807) is 0 Å². The molecule has 1 N–H and O–H groups in total. The molecule has 3 aliphatic heterocycles. The molecule has 0 radical (unpaired) electrons. The zero-order chi connectivity index (χ0) is 14.4. The van der Waals surface area contributed by atoms with Gasteiger partial charge in [-0.15, -0.1) is 0 Å². The molecule has 4 rings (SSSR count). The zero-order valence-electron chi connectivity index (χ0n) is 12.6. The van der Waals surface area contributed by atoms with Crippen LogP contribution in [-0.4, -0.2) is 19.8 Å². The molecule has 3 aliphatic rings. The van der Waals surface area contributed by atoms with Crippen LogP contribution in [0.15, 0.2) is 0 Å². The minimum absolute atomic E-state index is 0.00318. The Morgan fingerprint density at radius 2 is 1.71 bits per heavy atom. The first-order valence-corrected chi connectivity index (χ1v) is 8.47. The van der Waals surface area contributed by atoms with Crippen molar-refractivity contribution in [2.45, 2.75) is 51.0 Å². The number of hydrogen-bond donors (Lipinski definition) is 1. The summed E-state index contributed by atoms with van der Waals surface area (Å²) in [4.78, 5) is 0. The van der Waals surface area contributed by atoms with Crippen LogP contribution in [0.1, 0.15) is 49.3 Å². The second-order valence-corrected chi connectivity index (χ2v) is 6.95. The van der Waals surface area contributed by atoms with Crippen LogP contribution in [0.25, 0.3) is 0 Å². The molecule has 0 aliphatic carbocycles. The van der Waals surface area contributed by atoms with Gasteiger partial charge in [0.2, 0.25) is 0 Å². The molecule has 21 heavy (non-hydrogen) atoms. The van der Waals surface area contributed by atoms with Crippen molar-refractivity contribution >= 4 is 11.6 Å². The van der Waals surface area contributed by atoms with Gasteiger partial charge in [0.15, 0.2) is 0 Å². The predicted molar refractivity (Wildman–Crippen MR) is 83.7 cm³/mol. The maximum Gasteiger partial charge on any atom is 0.141 e. The third kappa shape index (κ3) is 2.05. The molecule has 3 nitrogen and oxygen atoms in total. The summed E-state index contributed by atoms with van der Waals surface area (Å²) in [5, 5.41) is 4.49. The third-order valence-electron chi connectivity index (χ3n) is 5.10. The zero-order valence-corrected chi connectivity index (χ0v) is 13.3. The second-order valence-electron chi connectivity index (χ2n) is 6.57. The van der Waals surface area contributed by atoms with E-state index >= 15 is 0 Å². The van der Waals surface area contributed by atoms with Crippen molar-refractivity contribution in [3.63, 3.8) is 0 Å². The number of fused-ring (bicyclic) bond motifs is 2. The quantitative estimate of drug-likeness (QED) is 0.860. The molecule has 0 aromatic heterocycles. The predicted octanol–water partition coefficient (Wildman–Crippen LogP) is 3.59. The van der Waals surface area contributed by atoms with E-state index in [0.29, 0.717) is 0 Å². The lowest BCUT2D eigenvalue weighted by atomic mass is 9.81. The third-order valence-corrected chi connectivity index (χ3v) is 5.50. The smallest absolute Gasteiger partial charge is 0.141 e. The average molecular weight is 308 g/mol. The van der Waals surface area contributed by atoms with E-state index < -0.39 is 0 Å². The molecule has 0 saturated carbocycles. The summed E-state index contributed by atoms with van der Waals surface area (Å²) in [6, 6.07) is 0. The van der Waals surface area contributed by atoms with Crippen molar-refractivity contribution in [2.24, 2.45) is 0 Å². The molecule has 1 aromatic carbocycles. The fourth-order valence-corrected chi connectivity index (χ4v) is 4.43. The minimum atomic E-state index is -0.00318. The van der Waals surface area contributed by atoms with Crippen molar-refractivity contribution in [2.75, 3.05) is 19.8 Å². The van der Waals surface area contributed by atoms with Gasteiger partial charge in [0.25, 0.3) is 0 Å². The first-order chi connectivity index (χ1) is 10.2. The van der Waals surface area contributed by atoms with Crippen molar-refractivity contribution < 1.29 is 9.47 Å². The minimum Gasteiger partial charge on any atom is -0.493 e. The molecule has 1 fully saturated rings. The molecule has 1 aromatic rings. The van der Waals surface area contributed by atoms with Crippen LogP contribution in [0.5, 0.6) is 11.5 Å². The lowest BCUT2D eigenvalue weighted by Gasteiger charge is -2.36. The largest absolute Gasteiger partial charge is 0.493 e. The van der Waals surface area contributed by atoms with Gasteiger partial charge in [-0.2, -0.15) is 0 Å². The van der Waals surface area contributed by atoms with E-state index in [9.17, 15) is 0 Å². The van der Waals surface area contributed by atoms with Crippen LogP contribution in [0.3, 0.4) is 0 Å². The Morgan fingerprint density at radius 3 is 2.43 bits per heavy atom. The van der Waals surface area contributed by atoms with Crippen molar-refractivity contribution in [1.82, 2.24) is 5.32 Å². The highest BCUT2D eigenvalue weighted by molar-refractivity contribution is 6.33. The molecule has 1 unspecified atom stereocenters. The summed E-state index contributed by atoms with van der Waals surface area (Å²) in [6.45, 7) is 4.95. The Hall–Kier alpha value is -0.930. The molecular formula is C17H22ClNO2. The van der Waals surface area contributed by atoms with Gasteiger partial charge in [0.1, 0.15) is 11.5 Å². The lowest BCUT2D eigenvalue weighted by molar-refractivity contribution is 0.258. The summed E-state index contributed by atoms with van der Waals surface area (Å²) in [6.07, 6.45) is 6.49. The number of hydrogen-bond acceptors (Lipinski definition) is 3. The molecule has 0 spiro atoms. The summed E-state index contributed by atoms with van der Waals surface area (Å²) in [7, 11) is 0.